The van der Waals surface area contributed by atoms with Crippen molar-refractivity contribution in [3.05, 3.63) is 89.0 Å². The van der Waals surface area contributed by atoms with E-state index < -0.39 is 28.1 Å². The molecule has 2 heterocycles. The predicted octanol–water partition coefficient (Wildman–Crippen LogP) is 5.48. The van der Waals surface area contributed by atoms with Crippen molar-refractivity contribution in [2.75, 3.05) is 70.0 Å². The Labute approximate surface area is 290 Å². The summed E-state index contributed by atoms with van der Waals surface area (Å²) >= 11 is 1.82. The number of rotatable bonds is 16. The molecule has 0 bridgehead atoms. The SMILES string of the molecule is COCCCN1CCOc2ccc(COC3CN(S(=O)(=O)c4ccc(C)cc4)C[C@@H](O)C3c3ccc(COC[C@@H](C)CSC)cc3)cc21. The number of benzene rings is 3. The van der Waals surface area contributed by atoms with Crippen molar-refractivity contribution in [3.63, 3.8) is 0 Å². The molecular weight excluding hydrogens is 649 g/mol. The number of methoxy groups -OCH3 is 1. The van der Waals surface area contributed by atoms with E-state index in [1.165, 1.54) is 4.31 Å². The Kier molecular flexibility index (Phi) is 13.2. The third-order valence-electron chi connectivity index (χ3n) is 8.96. The van der Waals surface area contributed by atoms with Gasteiger partial charge in [0, 0.05) is 39.3 Å². The van der Waals surface area contributed by atoms with Gasteiger partial charge in [-0.05, 0) is 72.2 Å². The molecule has 0 spiro atoms. The molecule has 262 valence electrons. The summed E-state index contributed by atoms with van der Waals surface area (Å²) < 4.78 is 52.6. The van der Waals surface area contributed by atoms with Gasteiger partial charge in [0.15, 0.2) is 0 Å². The van der Waals surface area contributed by atoms with Crippen LogP contribution in [0.15, 0.2) is 71.6 Å². The van der Waals surface area contributed by atoms with Crippen LogP contribution >= 0.6 is 11.8 Å². The highest BCUT2D eigenvalue weighted by Gasteiger charge is 2.42. The lowest BCUT2D eigenvalue weighted by Gasteiger charge is -2.41. The number of aryl methyl sites for hydroxylation is 1. The molecule has 0 radical (unpaired) electrons. The maximum Gasteiger partial charge on any atom is 0.243 e. The van der Waals surface area contributed by atoms with Gasteiger partial charge in [-0.3, -0.25) is 0 Å². The van der Waals surface area contributed by atoms with Crippen LogP contribution in [-0.4, -0.2) is 95.2 Å². The second-order valence-electron chi connectivity index (χ2n) is 12.9. The number of anilines is 1. The third-order valence-corrected chi connectivity index (χ3v) is 11.7. The van der Waals surface area contributed by atoms with Crippen molar-refractivity contribution in [1.82, 2.24) is 4.31 Å². The Hall–Kier alpha value is -2.64. The molecular formula is C37H50N2O7S2. The molecule has 2 unspecified atom stereocenters. The Morgan fingerprint density at radius 1 is 1.02 bits per heavy atom. The smallest absolute Gasteiger partial charge is 0.243 e. The minimum absolute atomic E-state index is 0.0223. The van der Waals surface area contributed by atoms with Gasteiger partial charge in [0.2, 0.25) is 10.0 Å². The Morgan fingerprint density at radius 2 is 1.77 bits per heavy atom. The third kappa shape index (κ3) is 9.32. The minimum atomic E-state index is -3.85. The maximum atomic E-state index is 13.8. The first kappa shape index (κ1) is 36.6. The van der Waals surface area contributed by atoms with E-state index in [4.69, 9.17) is 18.9 Å². The first-order chi connectivity index (χ1) is 23.2. The molecule has 48 heavy (non-hydrogen) atoms. The van der Waals surface area contributed by atoms with Crippen LogP contribution in [-0.2, 0) is 37.4 Å². The zero-order valence-electron chi connectivity index (χ0n) is 28.5. The summed E-state index contributed by atoms with van der Waals surface area (Å²) in [6.07, 6.45) is 1.45. The predicted molar refractivity (Wildman–Crippen MR) is 192 cm³/mol. The van der Waals surface area contributed by atoms with Crippen LogP contribution in [0.4, 0.5) is 5.69 Å². The molecule has 4 atom stereocenters. The van der Waals surface area contributed by atoms with E-state index in [1.54, 1.807) is 31.4 Å². The summed E-state index contributed by atoms with van der Waals surface area (Å²) in [5.74, 6) is 1.96. The largest absolute Gasteiger partial charge is 0.490 e. The molecule has 0 aliphatic carbocycles. The normalized spacial score (nSPS) is 20.7. The number of thioether (sulfide) groups is 1. The number of nitrogens with zero attached hydrogens (tertiary/aromatic N) is 2. The van der Waals surface area contributed by atoms with Gasteiger partial charge in [-0.1, -0.05) is 55.0 Å². The fourth-order valence-electron chi connectivity index (χ4n) is 6.40. The van der Waals surface area contributed by atoms with Crippen molar-refractivity contribution in [1.29, 1.82) is 0 Å². The highest BCUT2D eigenvalue weighted by atomic mass is 32.2. The van der Waals surface area contributed by atoms with Crippen molar-refractivity contribution >= 4 is 27.5 Å². The lowest BCUT2D eigenvalue weighted by atomic mass is 9.85. The van der Waals surface area contributed by atoms with E-state index in [1.807, 2.05) is 55.1 Å². The Balaban J connectivity index is 1.35. The topological polar surface area (TPSA) is 97.8 Å². The van der Waals surface area contributed by atoms with E-state index in [-0.39, 0.29) is 24.6 Å². The average molecular weight is 699 g/mol. The number of piperidine rings is 1. The zero-order valence-corrected chi connectivity index (χ0v) is 30.2. The van der Waals surface area contributed by atoms with Crippen LogP contribution in [0.3, 0.4) is 0 Å². The van der Waals surface area contributed by atoms with Gasteiger partial charge >= 0.3 is 0 Å². The van der Waals surface area contributed by atoms with Crippen molar-refractivity contribution in [2.24, 2.45) is 5.92 Å². The quantitative estimate of drug-likeness (QED) is 0.195. The fourth-order valence-corrected chi connectivity index (χ4v) is 8.53. The molecule has 5 rings (SSSR count). The van der Waals surface area contributed by atoms with Gasteiger partial charge in [0.05, 0.1) is 49.2 Å². The second kappa shape index (κ2) is 17.3. The monoisotopic (exact) mass is 698 g/mol. The van der Waals surface area contributed by atoms with Crippen molar-refractivity contribution < 1.29 is 32.5 Å². The van der Waals surface area contributed by atoms with Crippen LogP contribution in [0.25, 0.3) is 0 Å². The average Bonchev–Trinajstić information content (AvgIpc) is 3.08. The molecule has 9 nitrogen and oxygen atoms in total. The maximum absolute atomic E-state index is 13.8. The molecule has 1 N–H and O–H groups in total. The number of ether oxygens (including phenoxy) is 4. The molecule has 0 amide bonds. The number of aliphatic hydroxyl groups is 1. The number of aliphatic hydroxyl groups excluding tert-OH is 1. The van der Waals surface area contributed by atoms with Crippen LogP contribution in [0.2, 0.25) is 0 Å². The summed E-state index contributed by atoms with van der Waals surface area (Å²) in [5, 5.41) is 11.6. The fraction of sp³-hybridized carbons (Fsp3) is 0.514. The van der Waals surface area contributed by atoms with Crippen LogP contribution in [0.1, 0.15) is 41.5 Å². The molecule has 1 fully saturated rings. The van der Waals surface area contributed by atoms with E-state index in [0.717, 1.165) is 59.0 Å². The Bertz CT molecular complexity index is 1550. The van der Waals surface area contributed by atoms with Crippen molar-refractivity contribution in [3.8, 4) is 5.75 Å². The van der Waals surface area contributed by atoms with E-state index in [0.29, 0.717) is 32.3 Å². The highest BCUT2D eigenvalue weighted by Crippen LogP contribution is 2.36. The summed E-state index contributed by atoms with van der Waals surface area (Å²) in [5.41, 5.74) is 4.90. The number of hydrogen-bond acceptors (Lipinski definition) is 9. The summed E-state index contributed by atoms with van der Waals surface area (Å²) in [4.78, 5) is 2.51. The molecule has 1 saturated heterocycles. The molecule has 2 aliphatic rings. The number of fused-ring (bicyclic) bond motifs is 1. The van der Waals surface area contributed by atoms with Gasteiger partial charge in [-0.15, -0.1) is 0 Å². The molecule has 0 saturated carbocycles. The number of β-amino-alcohol motifs (C(OH)–C–C–N with tert-alkyl or cyclic N) is 1. The van der Waals surface area contributed by atoms with E-state index in [2.05, 4.69) is 24.1 Å². The molecule has 2 aliphatic heterocycles. The van der Waals surface area contributed by atoms with Gasteiger partial charge in [-0.2, -0.15) is 16.1 Å². The van der Waals surface area contributed by atoms with Crippen LogP contribution in [0.5, 0.6) is 5.75 Å². The molecule has 0 aromatic heterocycles. The summed E-state index contributed by atoms with van der Waals surface area (Å²) in [6, 6.07) is 20.9. The number of hydrogen-bond donors (Lipinski definition) is 1. The summed E-state index contributed by atoms with van der Waals surface area (Å²) in [6.45, 7) is 8.64. The van der Waals surface area contributed by atoms with Gasteiger partial charge in [0.1, 0.15) is 12.4 Å². The lowest BCUT2D eigenvalue weighted by molar-refractivity contribution is -0.0534. The Morgan fingerprint density at radius 3 is 2.50 bits per heavy atom. The summed E-state index contributed by atoms with van der Waals surface area (Å²) in [7, 11) is -2.14. The van der Waals surface area contributed by atoms with Crippen LogP contribution < -0.4 is 9.64 Å². The first-order valence-corrected chi connectivity index (χ1v) is 19.5. The van der Waals surface area contributed by atoms with E-state index in [9.17, 15) is 13.5 Å². The minimum Gasteiger partial charge on any atom is -0.490 e. The van der Waals surface area contributed by atoms with Crippen LogP contribution in [0, 0.1) is 12.8 Å². The van der Waals surface area contributed by atoms with Gasteiger partial charge < -0.3 is 29.0 Å². The zero-order chi connectivity index (χ0) is 34.1. The second-order valence-corrected chi connectivity index (χ2v) is 15.7. The van der Waals surface area contributed by atoms with Gasteiger partial charge in [0.25, 0.3) is 0 Å². The molecule has 11 heteroatoms. The van der Waals surface area contributed by atoms with E-state index >= 15 is 0 Å². The standard InChI is InChI=1S/C37H50N2O7S2/c1-27-6-13-32(14-7-27)48(41,42)39-21-34(40)37(31-11-8-29(9-12-31)24-44-23-28(2)26-47-4)36(22-39)46-25-30-10-15-35-33(20-30)38(17-19-45-35)16-5-18-43-3/h6-15,20,28,34,36-37,40H,5,16-19,21-26H2,1-4H3/t28-,34-,36?,37?/m1/s1. The van der Waals surface area contributed by atoms with Gasteiger partial charge in [-0.25, -0.2) is 8.42 Å². The molecule has 3 aromatic rings. The lowest BCUT2D eigenvalue weighted by Crippen LogP contribution is -2.53. The number of sulfonamides is 1. The molecule has 3 aromatic carbocycles. The first-order valence-electron chi connectivity index (χ1n) is 16.7. The highest BCUT2D eigenvalue weighted by molar-refractivity contribution is 7.98. The van der Waals surface area contributed by atoms with Crippen molar-refractivity contribution in [2.45, 2.75) is 56.5 Å².